The Morgan fingerprint density at radius 3 is 2.33 bits per heavy atom. The first-order valence-electron chi connectivity index (χ1n) is 8.83. The topological polar surface area (TPSA) is 67.9 Å². The fraction of sp³-hybridized carbons (Fsp3) is 0.238. The van der Waals surface area contributed by atoms with E-state index in [2.05, 4.69) is 5.32 Å². The molecule has 0 bridgehead atoms. The molecule has 0 aromatic heterocycles. The third-order valence-corrected chi connectivity index (χ3v) is 4.28. The van der Waals surface area contributed by atoms with Gasteiger partial charge in [-0.1, -0.05) is 18.2 Å². The fourth-order valence-corrected chi connectivity index (χ4v) is 2.98. The van der Waals surface area contributed by atoms with Crippen molar-refractivity contribution in [2.45, 2.75) is 13.8 Å². The summed E-state index contributed by atoms with van der Waals surface area (Å²) in [5.41, 5.74) is 1.96. The van der Waals surface area contributed by atoms with Gasteiger partial charge < -0.3 is 14.8 Å². The number of amides is 2. The number of benzene rings is 2. The van der Waals surface area contributed by atoms with Crippen molar-refractivity contribution in [3.8, 4) is 11.5 Å². The molecule has 0 saturated carbocycles. The Morgan fingerprint density at radius 1 is 0.963 bits per heavy atom. The Balaban J connectivity index is 2.02. The van der Waals surface area contributed by atoms with Gasteiger partial charge in [-0.15, -0.1) is 0 Å². The van der Waals surface area contributed by atoms with E-state index in [4.69, 9.17) is 9.47 Å². The summed E-state index contributed by atoms with van der Waals surface area (Å²) in [6, 6.07) is 14.4. The Hall–Kier alpha value is -3.28. The molecule has 1 aliphatic rings. The second-order valence-corrected chi connectivity index (χ2v) is 5.92. The molecule has 1 heterocycles. The number of ether oxygens (including phenoxy) is 2. The van der Waals surface area contributed by atoms with Crippen LogP contribution in [0, 0.1) is 0 Å². The molecule has 27 heavy (non-hydrogen) atoms. The smallest absolute Gasteiger partial charge is 0.278 e. The van der Waals surface area contributed by atoms with E-state index in [0.717, 1.165) is 0 Å². The van der Waals surface area contributed by atoms with Crippen LogP contribution < -0.4 is 14.8 Å². The summed E-state index contributed by atoms with van der Waals surface area (Å²) in [5, 5.41) is 3.10. The number of likely N-dealkylation sites (N-methyl/N-ethyl adjacent to an activating group) is 1. The van der Waals surface area contributed by atoms with Gasteiger partial charge in [-0.05, 0) is 43.7 Å². The van der Waals surface area contributed by atoms with E-state index in [9.17, 15) is 9.59 Å². The van der Waals surface area contributed by atoms with Gasteiger partial charge in [0.25, 0.3) is 11.8 Å². The molecular formula is C21H22N2O4. The van der Waals surface area contributed by atoms with Gasteiger partial charge in [-0.2, -0.15) is 0 Å². The molecule has 0 atom stereocenters. The molecule has 6 nitrogen and oxygen atoms in total. The van der Waals surface area contributed by atoms with Crippen LogP contribution in [0.2, 0.25) is 0 Å². The molecule has 140 valence electrons. The minimum absolute atomic E-state index is 0.263. The molecular weight excluding hydrogens is 344 g/mol. The van der Waals surface area contributed by atoms with Crippen molar-refractivity contribution >= 4 is 23.1 Å². The van der Waals surface area contributed by atoms with Crippen LogP contribution in [0.5, 0.6) is 11.5 Å². The summed E-state index contributed by atoms with van der Waals surface area (Å²) in [6.07, 6.45) is 0. The van der Waals surface area contributed by atoms with Gasteiger partial charge in [0.05, 0.1) is 19.3 Å². The van der Waals surface area contributed by atoms with Crippen molar-refractivity contribution in [2.24, 2.45) is 0 Å². The van der Waals surface area contributed by atoms with Crippen LogP contribution in [0.4, 0.5) is 5.69 Å². The summed E-state index contributed by atoms with van der Waals surface area (Å²) in [4.78, 5) is 26.9. The van der Waals surface area contributed by atoms with Crippen LogP contribution >= 0.6 is 0 Å². The first kappa shape index (κ1) is 18.5. The van der Waals surface area contributed by atoms with Crippen LogP contribution in [0.25, 0.3) is 5.57 Å². The quantitative estimate of drug-likeness (QED) is 0.762. The lowest BCUT2D eigenvalue weighted by atomic mass is 10.0. The molecule has 0 aliphatic carbocycles. The maximum atomic E-state index is 12.8. The highest BCUT2D eigenvalue weighted by molar-refractivity contribution is 6.36. The van der Waals surface area contributed by atoms with E-state index in [-0.39, 0.29) is 17.5 Å². The van der Waals surface area contributed by atoms with Crippen LogP contribution in [0.3, 0.4) is 0 Å². The van der Waals surface area contributed by atoms with Crippen molar-refractivity contribution in [3.63, 3.8) is 0 Å². The number of nitrogens with zero attached hydrogens (tertiary/aromatic N) is 1. The lowest BCUT2D eigenvalue weighted by molar-refractivity contribution is -0.136. The number of hydrogen-bond donors (Lipinski definition) is 1. The second-order valence-electron chi connectivity index (χ2n) is 5.92. The number of carbonyl (C=O) groups excluding carboxylic acids is 2. The average molecular weight is 366 g/mol. The Bertz CT molecular complexity index is 887. The predicted octanol–water partition coefficient (Wildman–Crippen LogP) is 3.31. The SMILES string of the molecule is CCOc1ccc(C2=C(Nc3cccc(OC)c3)C(=O)N(CC)C2=O)cc1. The van der Waals surface area contributed by atoms with Gasteiger partial charge in [-0.25, -0.2) is 0 Å². The highest BCUT2D eigenvalue weighted by Crippen LogP contribution is 2.31. The molecule has 2 aromatic carbocycles. The predicted molar refractivity (Wildman–Crippen MR) is 104 cm³/mol. The van der Waals surface area contributed by atoms with Gasteiger partial charge in [0.2, 0.25) is 0 Å². The highest BCUT2D eigenvalue weighted by atomic mass is 16.5. The molecule has 2 aromatic rings. The largest absolute Gasteiger partial charge is 0.497 e. The van der Waals surface area contributed by atoms with Crippen molar-refractivity contribution in [1.82, 2.24) is 4.90 Å². The Kier molecular flexibility index (Phi) is 5.45. The molecule has 2 amide bonds. The van der Waals surface area contributed by atoms with Crippen LogP contribution in [-0.4, -0.2) is 37.0 Å². The minimum Gasteiger partial charge on any atom is -0.497 e. The van der Waals surface area contributed by atoms with Gasteiger partial charge in [0.15, 0.2) is 0 Å². The number of nitrogens with one attached hydrogen (secondary N) is 1. The van der Waals surface area contributed by atoms with E-state index in [0.29, 0.717) is 41.5 Å². The number of methoxy groups -OCH3 is 1. The number of carbonyl (C=O) groups is 2. The third kappa shape index (κ3) is 3.65. The molecule has 3 rings (SSSR count). The lowest BCUT2D eigenvalue weighted by Crippen LogP contribution is -2.32. The van der Waals surface area contributed by atoms with E-state index < -0.39 is 0 Å². The van der Waals surface area contributed by atoms with E-state index in [1.807, 2.05) is 25.1 Å². The van der Waals surface area contributed by atoms with Crippen molar-refractivity contribution in [3.05, 3.63) is 59.8 Å². The highest BCUT2D eigenvalue weighted by Gasteiger charge is 2.38. The maximum absolute atomic E-state index is 12.8. The Labute approximate surface area is 158 Å². The van der Waals surface area contributed by atoms with Crippen molar-refractivity contribution in [1.29, 1.82) is 0 Å². The number of rotatable bonds is 7. The summed E-state index contributed by atoms with van der Waals surface area (Å²) in [5.74, 6) is 0.729. The normalized spacial score (nSPS) is 14.0. The maximum Gasteiger partial charge on any atom is 0.278 e. The monoisotopic (exact) mass is 366 g/mol. The summed E-state index contributed by atoms with van der Waals surface area (Å²) < 4.78 is 10.7. The summed E-state index contributed by atoms with van der Waals surface area (Å²) in [7, 11) is 1.58. The van der Waals surface area contributed by atoms with Gasteiger partial charge >= 0.3 is 0 Å². The number of imide groups is 1. The van der Waals surface area contributed by atoms with E-state index >= 15 is 0 Å². The number of anilines is 1. The molecule has 1 N–H and O–H groups in total. The second kappa shape index (κ2) is 7.95. The first-order valence-corrected chi connectivity index (χ1v) is 8.83. The third-order valence-electron chi connectivity index (χ3n) is 4.28. The van der Waals surface area contributed by atoms with Crippen LogP contribution in [-0.2, 0) is 9.59 Å². The zero-order valence-corrected chi connectivity index (χ0v) is 15.6. The molecule has 0 spiro atoms. The molecule has 0 saturated heterocycles. The zero-order valence-electron chi connectivity index (χ0n) is 15.6. The van der Waals surface area contributed by atoms with E-state index in [1.54, 1.807) is 44.4 Å². The van der Waals surface area contributed by atoms with Crippen molar-refractivity contribution in [2.75, 3.05) is 25.6 Å². The Morgan fingerprint density at radius 2 is 1.70 bits per heavy atom. The summed E-state index contributed by atoms with van der Waals surface area (Å²) in [6.45, 7) is 4.55. The van der Waals surface area contributed by atoms with Gasteiger partial charge in [0.1, 0.15) is 17.2 Å². The van der Waals surface area contributed by atoms with Gasteiger partial charge in [0, 0.05) is 18.3 Å². The fourth-order valence-electron chi connectivity index (χ4n) is 2.98. The molecule has 6 heteroatoms. The minimum atomic E-state index is -0.339. The molecule has 0 unspecified atom stereocenters. The number of hydrogen-bond acceptors (Lipinski definition) is 5. The van der Waals surface area contributed by atoms with E-state index in [1.165, 1.54) is 4.90 Å². The average Bonchev–Trinajstić information content (AvgIpc) is 2.92. The van der Waals surface area contributed by atoms with Gasteiger partial charge in [-0.3, -0.25) is 14.5 Å². The molecule has 0 fully saturated rings. The first-order chi connectivity index (χ1) is 13.1. The standard InChI is InChI=1S/C21H22N2O4/c1-4-23-20(24)18(14-9-11-16(12-10-14)27-5-2)19(21(23)25)22-15-7-6-8-17(13-15)26-3/h6-13,22H,4-5H2,1-3H3. The zero-order chi connectivity index (χ0) is 19.4. The molecule has 1 aliphatic heterocycles. The van der Waals surface area contributed by atoms with Crippen LogP contribution in [0.1, 0.15) is 19.4 Å². The summed E-state index contributed by atoms with van der Waals surface area (Å²) >= 11 is 0. The molecule has 0 radical (unpaired) electrons. The van der Waals surface area contributed by atoms with Crippen molar-refractivity contribution < 1.29 is 19.1 Å². The lowest BCUT2D eigenvalue weighted by Gasteiger charge is -2.12. The van der Waals surface area contributed by atoms with Crippen LogP contribution in [0.15, 0.2) is 54.2 Å².